The maximum Gasteiger partial charge on any atom is 0.304 e. The average molecular weight is 413 g/mol. The minimum atomic E-state index is -1.22. The molecule has 0 saturated carbocycles. The zero-order valence-corrected chi connectivity index (χ0v) is 16.4. The van der Waals surface area contributed by atoms with Crippen LogP contribution in [0, 0.1) is 5.82 Å². The third kappa shape index (κ3) is 3.31. The number of aryl methyl sites for hydroxylation is 1. The van der Waals surface area contributed by atoms with Crippen LogP contribution in [0.2, 0.25) is 0 Å². The number of nitrogens with two attached hydrogens (primary N) is 1. The molecule has 2 aromatic heterocycles. The van der Waals surface area contributed by atoms with Crippen LogP contribution >= 0.6 is 11.3 Å². The van der Waals surface area contributed by atoms with E-state index in [1.54, 1.807) is 18.2 Å². The summed E-state index contributed by atoms with van der Waals surface area (Å²) < 4.78 is 21.3. The van der Waals surface area contributed by atoms with E-state index in [1.165, 1.54) is 29.0 Å². The van der Waals surface area contributed by atoms with Gasteiger partial charge in [0.25, 0.3) is 12.1 Å². The number of esters is 1. The zero-order valence-electron chi connectivity index (χ0n) is 15.5. The van der Waals surface area contributed by atoms with E-state index in [2.05, 4.69) is 15.1 Å². The van der Waals surface area contributed by atoms with Gasteiger partial charge < -0.3 is 10.5 Å². The maximum absolute atomic E-state index is 14.6. The van der Waals surface area contributed by atoms with Gasteiger partial charge in [-0.2, -0.15) is 0 Å². The van der Waals surface area contributed by atoms with Gasteiger partial charge in [0.2, 0.25) is 5.82 Å². The first kappa shape index (κ1) is 18.9. The standard InChI is InChI=1S/C19H16FN5O3S/c1-3-10-8-12-14(11-6-4-5-7-13(11)20)22-18(28-9(2)26)17-23-16(15(21)27)24-25(17)19(12)29-10/h4-8,18H,3H2,1-2H3,(H2,21,27). The van der Waals surface area contributed by atoms with Crippen molar-refractivity contribution in [2.45, 2.75) is 26.5 Å². The van der Waals surface area contributed by atoms with E-state index in [4.69, 9.17) is 10.5 Å². The highest BCUT2D eigenvalue weighted by molar-refractivity contribution is 7.15. The van der Waals surface area contributed by atoms with Gasteiger partial charge in [-0.25, -0.2) is 19.0 Å². The van der Waals surface area contributed by atoms with Crippen molar-refractivity contribution in [1.29, 1.82) is 0 Å². The van der Waals surface area contributed by atoms with Crippen LogP contribution in [-0.4, -0.2) is 32.4 Å². The second kappa shape index (κ2) is 7.21. The lowest BCUT2D eigenvalue weighted by molar-refractivity contribution is -0.146. The number of halogens is 1. The molecular weight excluding hydrogens is 397 g/mol. The first-order valence-corrected chi connectivity index (χ1v) is 9.60. The van der Waals surface area contributed by atoms with Gasteiger partial charge >= 0.3 is 5.97 Å². The zero-order chi connectivity index (χ0) is 20.7. The highest BCUT2D eigenvalue weighted by Gasteiger charge is 2.33. The quantitative estimate of drug-likeness (QED) is 0.661. The van der Waals surface area contributed by atoms with Crippen LogP contribution in [0.25, 0.3) is 5.00 Å². The number of carbonyl (C=O) groups excluding carboxylic acids is 2. The van der Waals surface area contributed by atoms with E-state index in [1.807, 2.05) is 13.0 Å². The molecule has 1 aliphatic heterocycles. The Balaban J connectivity index is 2.02. The maximum atomic E-state index is 14.6. The van der Waals surface area contributed by atoms with Crippen LogP contribution < -0.4 is 5.73 Å². The van der Waals surface area contributed by atoms with Crippen LogP contribution in [0.1, 0.15) is 52.5 Å². The van der Waals surface area contributed by atoms with Crippen molar-refractivity contribution in [1.82, 2.24) is 14.8 Å². The molecule has 1 aliphatic rings. The van der Waals surface area contributed by atoms with Crippen LogP contribution in [0.4, 0.5) is 4.39 Å². The van der Waals surface area contributed by atoms with Gasteiger partial charge in [0.1, 0.15) is 10.8 Å². The Labute approximate surface area is 168 Å². The molecule has 0 radical (unpaired) electrons. The molecular formula is C19H16FN5O3S. The monoisotopic (exact) mass is 413 g/mol. The molecule has 0 fully saturated rings. The second-order valence-corrected chi connectivity index (χ2v) is 7.39. The average Bonchev–Trinajstić information content (AvgIpc) is 3.28. The van der Waals surface area contributed by atoms with E-state index in [0.717, 1.165) is 11.3 Å². The van der Waals surface area contributed by atoms with Gasteiger partial charge in [-0.15, -0.1) is 16.4 Å². The molecule has 0 aliphatic carbocycles. The van der Waals surface area contributed by atoms with Crippen molar-refractivity contribution in [2.24, 2.45) is 10.7 Å². The Kier molecular flexibility index (Phi) is 4.71. The van der Waals surface area contributed by atoms with Gasteiger partial charge in [0.05, 0.1) is 5.71 Å². The third-order valence-electron chi connectivity index (χ3n) is 4.29. The summed E-state index contributed by atoms with van der Waals surface area (Å²) in [6.07, 6.45) is -0.477. The van der Waals surface area contributed by atoms with Crippen LogP contribution in [0.3, 0.4) is 0 Å². The summed E-state index contributed by atoms with van der Waals surface area (Å²) in [6, 6.07) is 8.09. The Bertz CT molecular complexity index is 1170. The van der Waals surface area contributed by atoms with E-state index >= 15 is 0 Å². The largest absolute Gasteiger partial charge is 0.432 e. The van der Waals surface area contributed by atoms with Crippen LogP contribution in [0.15, 0.2) is 35.3 Å². The topological polar surface area (TPSA) is 112 Å². The van der Waals surface area contributed by atoms with Crippen molar-refractivity contribution in [3.63, 3.8) is 0 Å². The van der Waals surface area contributed by atoms with E-state index in [-0.39, 0.29) is 17.2 Å². The van der Waals surface area contributed by atoms with Crippen molar-refractivity contribution >= 4 is 28.9 Å². The second-order valence-electron chi connectivity index (χ2n) is 6.27. The van der Waals surface area contributed by atoms with Crippen molar-refractivity contribution in [3.05, 3.63) is 63.8 Å². The van der Waals surface area contributed by atoms with Crippen molar-refractivity contribution < 1.29 is 18.7 Å². The molecule has 0 bridgehead atoms. The number of benzene rings is 1. The number of fused-ring (bicyclic) bond motifs is 3. The van der Waals surface area contributed by atoms with Crippen molar-refractivity contribution in [2.75, 3.05) is 0 Å². The summed E-state index contributed by atoms with van der Waals surface area (Å²) in [4.78, 5) is 33.0. The lowest BCUT2D eigenvalue weighted by Crippen LogP contribution is -2.14. The lowest BCUT2D eigenvalue weighted by atomic mass is 10.0. The minimum absolute atomic E-state index is 0.117. The number of amides is 1. The first-order chi connectivity index (χ1) is 13.9. The van der Waals surface area contributed by atoms with Gasteiger partial charge in [0.15, 0.2) is 5.82 Å². The number of aliphatic imine (C=N–C) groups is 1. The Morgan fingerprint density at radius 2 is 2.07 bits per heavy atom. The summed E-state index contributed by atoms with van der Waals surface area (Å²) in [5.74, 6) is -2.00. The lowest BCUT2D eigenvalue weighted by Gasteiger charge is -2.12. The summed E-state index contributed by atoms with van der Waals surface area (Å²) in [5.41, 5.74) is 6.51. The SMILES string of the molecule is CCc1cc2c(s1)-n1nc(C(N)=O)nc1C(OC(C)=O)N=C2c1ccccc1F. The smallest absolute Gasteiger partial charge is 0.304 e. The molecule has 1 unspecified atom stereocenters. The molecule has 3 heterocycles. The molecule has 148 valence electrons. The number of hydrogen-bond donors (Lipinski definition) is 1. The molecule has 0 spiro atoms. The first-order valence-electron chi connectivity index (χ1n) is 8.79. The molecule has 10 heteroatoms. The molecule has 2 N–H and O–H groups in total. The van der Waals surface area contributed by atoms with Crippen molar-refractivity contribution in [3.8, 4) is 5.00 Å². The van der Waals surface area contributed by atoms with E-state index < -0.39 is 23.9 Å². The molecule has 3 aromatic rings. The number of carbonyl (C=O) groups is 2. The number of primary amides is 1. The van der Waals surface area contributed by atoms with Crippen LogP contribution in [0.5, 0.6) is 0 Å². The minimum Gasteiger partial charge on any atom is -0.432 e. The normalized spacial score (nSPS) is 15.1. The molecule has 1 amide bonds. The number of thiophene rings is 1. The fraction of sp³-hybridized carbons (Fsp3) is 0.211. The Hall–Kier alpha value is -3.40. The molecule has 0 saturated heterocycles. The summed E-state index contributed by atoms with van der Waals surface area (Å²) in [6.45, 7) is 3.22. The highest BCUT2D eigenvalue weighted by atomic mass is 32.1. The Morgan fingerprint density at radius 1 is 1.31 bits per heavy atom. The summed E-state index contributed by atoms with van der Waals surface area (Å²) in [7, 11) is 0. The third-order valence-corrected chi connectivity index (χ3v) is 5.54. The van der Waals surface area contributed by atoms with Crippen LogP contribution in [-0.2, 0) is 16.0 Å². The summed E-state index contributed by atoms with van der Waals surface area (Å²) in [5, 5.41) is 4.78. The number of hydrogen-bond acceptors (Lipinski definition) is 7. The van der Waals surface area contributed by atoms with Gasteiger partial charge in [0, 0.05) is 22.9 Å². The number of rotatable bonds is 4. The molecule has 4 rings (SSSR count). The number of aromatic nitrogens is 3. The predicted octanol–water partition coefficient (Wildman–Crippen LogP) is 2.54. The van der Waals surface area contributed by atoms with Gasteiger partial charge in [-0.05, 0) is 24.6 Å². The summed E-state index contributed by atoms with van der Waals surface area (Å²) >= 11 is 1.41. The molecule has 1 aromatic carbocycles. The molecule has 1 atom stereocenters. The molecule has 29 heavy (non-hydrogen) atoms. The molecule has 8 nitrogen and oxygen atoms in total. The number of ether oxygens (including phenoxy) is 1. The fourth-order valence-corrected chi connectivity index (χ4v) is 4.07. The predicted molar refractivity (Wildman–Crippen MR) is 104 cm³/mol. The number of nitrogens with zero attached hydrogens (tertiary/aromatic N) is 4. The van der Waals surface area contributed by atoms with Gasteiger partial charge in [-0.1, -0.05) is 19.1 Å². The van der Waals surface area contributed by atoms with E-state index in [0.29, 0.717) is 16.3 Å². The van der Waals surface area contributed by atoms with Gasteiger partial charge in [-0.3, -0.25) is 9.59 Å². The fourth-order valence-electron chi connectivity index (χ4n) is 3.02. The Morgan fingerprint density at radius 3 is 2.72 bits per heavy atom. The van der Waals surface area contributed by atoms with E-state index in [9.17, 15) is 14.0 Å². The highest BCUT2D eigenvalue weighted by Crippen LogP contribution is 2.36.